The molecule has 0 bridgehead atoms. The number of carboxylic acid groups (broad SMARTS) is 1. The molecular formula is C10H10ClNO5S. The van der Waals surface area contributed by atoms with Crippen molar-refractivity contribution in [3.63, 3.8) is 0 Å². The summed E-state index contributed by atoms with van der Waals surface area (Å²) in [7, 11) is 1.14. The lowest BCUT2D eigenvalue weighted by Crippen LogP contribution is -2.20. The Labute approximate surface area is 108 Å². The van der Waals surface area contributed by atoms with Crippen molar-refractivity contribution in [2.75, 3.05) is 0 Å². The summed E-state index contributed by atoms with van der Waals surface area (Å²) in [6.45, 7) is 1.23. The van der Waals surface area contributed by atoms with Gasteiger partial charge < -0.3 is 10.4 Å². The predicted octanol–water partition coefficient (Wildman–Crippen LogP) is 0.948. The van der Waals surface area contributed by atoms with Crippen LogP contribution in [0, 0.1) is 0 Å². The predicted molar refractivity (Wildman–Crippen MR) is 64.0 cm³/mol. The van der Waals surface area contributed by atoms with E-state index in [0.29, 0.717) is 0 Å². The standard InChI is InChI=1S/C10H10ClNO5S/c1-6(13)12-5-8-3-2-7(10(14)15)4-9(8)18(11,16)17/h2-4H,5H2,1H3,(H,12,13)(H,14,15). The average Bonchev–Trinajstić information content (AvgIpc) is 2.24. The number of amides is 1. The van der Waals surface area contributed by atoms with Gasteiger partial charge in [0.1, 0.15) is 0 Å². The smallest absolute Gasteiger partial charge is 0.335 e. The van der Waals surface area contributed by atoms with Gasteiger partial charge in [0.15, 0.2) is 0 Å². The van der Waals surface area contributed by atoms with Gasteiger partial charge in [0.25, 0.3) is 9.05 Å². The van der Waals surface area contributed by atoms with Gasteiger partial charge in [-0.2, -0.15) is 0 Å². The number of hydrogen-bond donors (Lipinski definition) is 2. The third-order valence-electron chi connectivity index (χ3n) is 2.10. The van der Waals surface area contributed by atoms with Crippen molar-refractivity contribution in [1.29, 1.82) is 0 Å². The van der Waals surface area contributed by atoms with Gasteiger partial charge in [0.05, 0.1) is 10.5 Å². The molecule has 1 rings (SSSR count). The van der Waals surface area contributed by atoms with E-state index in [1.165, 1.54) is 19.1 Å². The SMILES string of the molecule is CC(=O)NCc1ccc(C(=O)O)cc1S(=O)(=O)Cl. The Morgan fingerprint density at radius 1 is 1.39 bits per heavy atom. The van der Waals surface area contributed by atoms with E-state index >= 15 is 0 Å². The molecule has 0 radical (unpaired) electrons. The molecule has 98 valence electrons. The maximum atomic E-state index is 11.3. The Bertz CT molecular complexity index is 596. The molecule has 0 heterocycles. The second-order valence-electron chi connectivity index (χ2n) is 3.48. The second kappa shape index (κ2) is 5.36. The van der Waals surface area contributed by atoms with Gasteiger partial charge in [-0.05, 0) is 17.7 Å². The van der Waals surface area contributed by atoms with Gasteiger partial charge in [0, 0.05) is 24.2 Å². The van der Waals surface area contributed by atoms with E-state index in [1.54, 1.807) is 0 Å². The Hall–Kier alpha value is -1.60. The summed E-state index contributed by atoms with van der Waals surface area (Å²) in [6.07, 6.45) is 0. The molecule has 1 amide bonds. The van der Waals surface area contributed by atoms with Crippen LogP contribution >= 0.6 is 10.7 Å². The summed E-state index contributed by atoms with van der Waals surface area (Å²) in [5.74, 6) is -1.60. The molecule has 0 spiro atoms. The molecule has 2 N–H and O–H groups in total. The highest BCUT2D eigenvalue weighted by Crippen LogP contribution is 2.21. The van der Waals surface area contributed by atoms with Gasteiger partial charge in [-0.3, -0.25) is 4.79 Å². The fourth-order valence-corrected chi connectivity index (χ4v) is 2.43. The third kappa shape index (κ3) is 3.71. The van der Waals surface area contributed by atoms with Crippen LogP contribution in [0.2, 0.25) is 0 Å². The number of carboxylic acids is 1. The summed E-state index contributed by atoms with van der Waals surface area (Å²) < 4.78 is 22.7. The average molecular weight is 292 g/mol. The van der Waals surface area contributed by atoms with Crippen molar-refractivity contribution in [2.24, 2.45) is 0 Å². The van der Waals surface area contributed by atoms with E-state index in [0.717, 1.165) is 6.07 Å². The first-order chi connectivity index (χ1) is 8.21. The lowest BCUT2D eigenvalue weighted by atomic mass is 10.1. The summed E-state index contributed by atoms with van der Waals surface area (Å²) in [4.78, 5) is 21.2. The monoisotopic (exact) mass is 291 g/mol. The topological polar surface area (TPSA) is 101 Å². The van der Waals surface area contributed by atoms with Gasteiger partial charge in [-0.15, -0.1) is 0 Å². The number of nitrogens with one attached hydrogen (secondary N) is 1. The normalized spacial score (nSPS) is 11.0. The number of aromatic carboxylic acids is 1. The minimum atomic E-state index is -4.08. The summed E-state index contributed by atoms with van der Waals surface area (Å²) in [5.41, 5.74) is 0.0333. The number of carbonyl (C=O) groups is 2. The van der Waals surface area contributed by atoms with Gasteiger partial charge >= 0.3 is 5.97 Å². The highest BCUT2D eigenvalue weighted by Gasteiger charge is 2.18. The minimum absolute atomic E-state index is 0.0451. The van der Waals surface area contributed by atoms with Crippen LogP contribution in [-0.2, 0) is 20.4 Å². The maximum Gasteiger partial charge on any atom is 0.335 e. The van der Waals surface area contributed by atoms with Crippen molar-refractivity contribution in [1.82, 2.24) is 5.32 Å². The molecular weight excluding hydrogens is 282 g/mol. The zero-order valence-electron chi connectivity index (χ0n) is 9.31. The second-order valence-corrected chi connectivity index (χ2v) is 6.01. The van der Waals surface area contributed by atoms with Gasteiger partial charge in [-0.25, -0.2) is 13.2 Å². The quantitative estimate of drug-likeness (QED) is 0.804. The fourth-order valence-electron chi connectivity index (χ4n) is 1.28. The van der Waals surface area contributed by atoms with Gasteiger partial charge in [0.2, 0.25) is 5.91 Å². The number of carbonyl (C=O) groups excluding carboxylic acids is 1. The summed E-state index contributed by atoms with van der Waals surface area (Å²) >= 11 is 0. The van der Waals surface area contributed by atoms with Crippen molar-refractivity contribution in [3.8, 4) is 0 Å². The van der Waals surface area contributed by atoms with E-state index in [-0.39, 0.29) is 28.5 Å². The van der Waals surface area contributed by atoms with Crippen LogP contribution in [0.5, 0.6) is 0 Å². The molecule has 1 aromatic carbocycles. The molecule has 0 aliphatic carbocycles. The molecule has 0 fully saturated rings. The van der Waals surface area contributed by atoms with Crippen LogP contribution in [-0.4, -0.2) is 25.4 Å². The summed E-state index contributed by atoms with van der Waals surface area (Å²) in [6, 6.07) is 3.50. The van der Waals surface area contributed by atoms with E-state index in [4.69, 9.17) is 15.8 Å². The molecule has 0 saturated heterocycles. The lowest BCUT2D eigenvalue weighted by Gasteiger charge is -2.08. The van der Waals surface area contributed by atoms with Crippen molar-refractivity contribution in [2.45, 2.75) is 18.4 Å². The molecule has 0 aliphatic rings. The fraction of sp³-hybridized carbons (Fsp3) is 0.200. The van der Waals surface area contributed by atoms with E-state index in [1.807, 2.05) is 0 Å². The Morgan fingerprint density at radius 2 is 2.00 bits per heavy atom. The van der Waals surface area contributed by atoms with Gasteiger partial charge in [-0.1, -0.05) is 6.07 Å². The van der Waals surface area contributed by atoms with Crippen LogP contribution in [0.1, 0.15) is 22.8 Å². The Kier molecular flexibility index (Phi) is 4.31. The number of halogens is 1. The van der Waals surface area contributed by atoms with Crippen molar-refractivity contribution >= 4 is 31.6 Å². The van der Waals surface area contributed by atoms with E-state index < -0.39 is 15.0 Å². The van der Waals surface area contributed by atoms with Crippen LogP contribution < -0.4 is 5.32 Å². The van der Waals surface area contributed by atoms with E-state index in [9.17, 15) is 18.0 Å². The number of rotatable bonds is 4. The van der Waals surface area contributed by atoms with Crippen LogP contribution in [0.25, 0.3) is 0 Å². The van der Waals surface area contributed by atoms with E-state index in [2.05, 4.69) is 5.32 Å². The zero-order chi connectivity index (χ0) is 13.9. The first-order valence-corrected chi connectivity index (χ1v) is 7.08. The Morgan fingerprint density at radius 3 is 2.44 bits per heavy atom. The molecule has 0 unspecified atom stereocenters. The maximum absolute atomic E-state index is 11.3. The number of hydrogen-bond acceptors (Lipinski definition) is 4. The first-order valence-electron chi connectivity index (χ1n) is 4.77. The molecule has 0 saturated carbocycles. The molecule has 6 nitrogen and oxygen atoms in total. The largest absolute Gasteiger partial charge is 0.478 e. The molecule has 0 atom stereocenters. The van der Waals surface area contributed by atoms with Crippen LogP contribution in [0.3, 0.4) is 0 Å². The molecule has 18 heavy (non-hydrogen) atoms. The van der Waals surface area contributed by atoms with Crippen LogP contribution in [0.15, 0.2) is 23.1 Å². The minimum Gasteiger partial charge on any atom is -0.478 e. The van der Waals surface area contributed by atoms with Crippen LogP contribution in [0.4, 0.5) is 0 Å². The molecule has 1 aromatic rings. The molecule has 0 aromatic heterocycles. The first kappa shape index (κ1) is 14.5. The number of benzene rings is 1. The highest BCUT2D eigenvalue weighted by molar-refractivity contribution is 8.13. The van der Waals surface area contributed by atoms with Crippen molar-refractivity contribution in [3.05, 3.63) is 29.3 Å². The lowest BCUT2D eigenvalue weighted by molar-refractivity contribution is -0.119. The Balaban J connectivity index is 3.26. The zero-order valence-corrected chi connectivity index (χ0v) is 10.9. The third-order valence-corrected chi connectivity index (χ3v) is 3.51. The summed E-state index contributed by atoms with van der Waals surface area (Å²) in [5, 5.41) is 11.2. The van der Waals surface area contributed by atoms with Crippen molar-refractivity contribution < 1.29 is 23.1 Å². The molecule has 0 aliphatic heterocycles. The molecule has 8 heteroatoms. The highest BCUT2D eigenvalue weighted by atomic mass is 35.7.